The van der Waals surface area contributed by atoms with E-state index in [-0.39, 0.29) is 11.3 Å². The lowest BCUT2D eigenvalue weighted by molar-refractivity contribution is -0.341. The van der Waals surface area contributed by atoms with Gasteiger partial charge in [0.1, 0.15) is 36.1 Å². The number of nitrogens with zero attached hydrogens (tertiary/aromatic N) is 1. The van der Waals surface area contributed by atoms with Crippen LogP contribution in [0, 0.1) is 17.8 Å². The van der Waals surface area contributed by atoms with Gasteiger partial charge >= 0.3 is 17.9 Å². The second-order valence-electron chi connectivity index (χ2n) is 11.2. The Morgan fingerprint density at radius 1 is 1.08 bits per heavy atom. The van der Waals surface area contributed by atoms with Gasteiger partial charge in [-0.3, -0.25) is 14.6 Å². The zero-order chi connectivity index (χ0) is 28.6. The van der Waals surface area contributed by atoms with Gasteiger partial charge in [-0.25, -0.2) is 4.79 Å². The van der Waals surface area contributed by atoms with Crippen LogP contribution in [-0.2, 0) is 28.5 Å². The molecule has 4 aliphatic rings. The van der Waals surface area contributed by atoms with E-state index in [0.29, 0.717) is 0 Å². The summed E-state index contributed by atoms with van der Waals surface area (Å²) in [7, 11) is 0. The van der Waals surface area contributed by atoms with E-state index in [1.807, 2.05) is 0 Å². The topological polar surface area (TPSA) is 202 Å². The van der Waals surface area contributed by atoms with Crippen LogP contribution in [0.1, 0.15) is 49.7 Å². The van der Waals surface area contributed by atoms with Crippen molar-refractivity contribution in [3.8, 4) is 0 Å². The number of pyridine rings is 1. The lowest BCUT2D eigenvalue weighted by atomic mass is 9.53. The van der Waals surface area contributed by atoms with Crippen LogP contribution in [0.2, 0.25) is 0 Å². The third kappa shape index (κ3) is 3.82. The van der Waals surface area contributed by atoms with E-state index in [2.05, 4.69) is 4.98 Å². The summed E-state index contributed by atoms with van der Waals surface area (Å²) in [6.45, 7) is 4.95. The quantitative estimate of drug-likeness (QED) is 0.198. The fourth-order valence-electron chi connectivity index (χ4n) is 6.92. The average molecular weight is 552 g/mol. The highest BCUT2D eigenvalue weighted by molar-refractivity contribution is 5.91. The van der Waals surface area contributed by atoms with Crippen molar-refractivity contribution in [1.82, 2.24) is 4.98 Å². The van der Waals surface area contributed by atoms with Crippen molar-refractivity contribution in [2.75, 3.05) is 6.61 Å². The minimum Gasteiger partial charge on any atom is -0.459 e. The van der Waals surface area contributed by atoms with Gasteiger partial charge in [-0.05, 0) is 19.1 Å². The third-order valence-electron chi connectivity index (χ3n) is 9.05. The molecule has 0 amide bonds. The summed E-state index contributed by atoms with van der Waals surface area (Å²) >= 11 is 0. The van der Waals surface area contributed by atoms with E-state index in [1.165, 1.54) is 32.2 Å². The molecule has 3 heterocycles. The van der Waals surface area contributed by atoms with Crippen LogP contribution in [0.4, 0.5) is 0 Å². The number of aromatic nitrogens is 1. The van der Waals surface area contributed by atoms with Crippen LogP contribution in [0.25, 0.3) is 0 Å². The normalized spacial score (nSPS) is 47.5. The number of hydrogen-bond donors (Lipinski definition) is 5. The van der Waals surface area contributed by atoms with Gasteiger partial charge in [-0.1, -0.05) is 13.8 Å². The number of hydrogen-bond acceptors (Lipinski definition) is 13. The summed E-state index contributed by atoms with van der Waals surface area (Å²) in [5, 5.41) is 56.6. The second kappa shape index (κ2) is 9.46. The molecule has 1 spiro atoms. The maximum atomic E-state index is 13.4. The van der Waals surface area contributed by atoms with Gasteiger partial charge in [0.25, 0.3) is 0 Å². The number of aliphatic hydroxyl groups is 5. The molecule has 2 aliphatic heterocycles. The largest absolute Gasteiger partial charge is 0.459 e. The van der Waals surface area contributed by atoms with Crippen LogP contribution in [0.5, 0.6) is 0 Å². The van der Waals surface area contributed by atoms with Crippen molar-refractivity contribution in [3.63, 3.8) is 0 Å². The summed E-state index contributed by atoms with van der Waals surface area (Å²) < 4.78 is 23.0. The Morgan fingerprint density at radius 3 is 2.41 bits per heavy atom. The van der Waals surface area contributed by atoms with Crippen molar-refractivity contribution in [2.24, 2.45) is 17.8 Å². The molecule has 4 bridgehead atoms. The fraction of sp³-hybridized carbons (Fsp3) is 0.692. The Balaban J connectivity index is 1.71. The van der Waals surface area contributed by atoms with Gasteiger partial charge in [-0.15, -0.1) is 0 Å². The Labute approximate surface area is 223 Å². The lowest BCUT2D eigenvalue weighted by Crippen LogP contribution is -2.82. The standard InChI is InChI=1S/C26H33NO12/c1-9-10(2)23(33)38-22-20(32)19(31)15-18(30)17(29)14-13(8-36-24(34)12-6-5-7-27-16(9)12)39-26(15,25(22,4)35)21(14)37-11(3)28/h5-7,9-10,13-15,17-22,29-32,35H,8H2,1-4H3/t9?,10?,13-,14-,15?,17-,18+,19-,20-,21?,22+,25+,26+/m1/s1. The Morgan fingerprint density at radius 2 is 1.74 bits per heavy atom. The molecule has 13 nitrogen and oxygen atoms in total. The van der Waals surface area contributed by atoms with E-state index < -0.39 is 102 Å². The van der Waals surface area contributed by atoms with E-state index in [0.717, 1.165) is 6.92 Å². The number of esters is 3. The number of aliphatic hydroxyl groups excluding tert-OH is 4. The van der Waals surface area contributed by atoms with E-state index in [9.17, 15) is 39.9 Å². The van der Waals surface area contributed by atoms with Crippen LogP contribution in [0.3, 0.4) is 0 Å². The first-order valence-electron chi connectivity index (χ1n) is 12.9. The zero-order valence-electron chi connectivity index (χ0n) is 21.8. The van der Waals surface area contributed by atoms with E-state index >= 15 is 0 Å². The molecule has 1 aromatic rings. The maximum absolute atomic E-state index is 13.4. The molecule has 0 aromatic carbocycles. The number of rotatable bonds is 1. The predicted molar refractivity (Wildman–Crippen MR) is 127 cm³/mol. The monoisotopic (exact) mass is 551 g/mol. The van der Waals surface area contributed by atoms with E-state index in [4.69, 9.17) is 18.9 Å². The first-order chi connectivity index (χ1) is 18.3. The summed E-state index contributed by atoms with van der Waals surface area (Å²) in [6.07, 6.45) is -10.3. The SMILES string of the molecule is CC(=O)OC1[C@H]2[C@@H](O)[C@@H](O)C3[C@@H](O)[C@@H](O)[C@@H]4OC(=O)C(C)C(C)c5ncccc5C(=O)OC[C@H]2O[C@]13[C@@]4(C)O. The molecule has 3 fully saturated rings. The summed E-state index contributed by atoms with van der Waals surface area (Å²) in [4.78, 5) is 43.0. The molecule has 5 N–H and O–H groups in total. The number of cyclic esters (lactones) is 1. The van der Waals surface area contributed by atoms with Gasteiger partial charge in [0.2, 0.25) is 0 Å². The molecular formula is C26H33NO12. The molecular weight excluding hydrogens is 518 g/mol. The number of fused-ring (bicyclic) bond motifs is 5. The lowest BCUT2D eigenvalue weighted by Gasteiger charge is -2.61. The molecule has 2 saturated carbocycles. The molecule has 5 rings (SSSR count). The highest BCUT2D eigenvalue weighted by atomic mass is 16.6. The Bertz CT molecular complexity index is 1170. The van der Waals surface area contributed by atoms with E-state index in [1.54, 1.807) is 6.92 Å². The number of carbonyl (C=O) groups excluding carboxylic acids is 3. The highest BCUT2D eigenvalue weighted by Gasteiger charge is 2.81. The van der Waals surface area contributed by atoms with Crippen LogP contribution < -0.4 is 0 Å². The molecule has 1 aromatic heterocycles. The molecule has 4 unspecified atom stereocenters. The Kier molecular flexibility index (Phi) is 6.76. The van der Waals surface area contributed by atoms with Crippen molar-refractivity contribution in [3.05, 3.63) is 29.6 Å². The average Bonchev–Trinajstić information content (AvgIpc) is 3.15. The predicted octanol–water partition coefficient (Wildman–Crippen LogP) is -1.57. The van der Waals surface area contributed by atoms with Crippen molar-refractivity contribution >= 4 is 17.9 Å². The van der Waals surface area contributed by atoms with Crippen molar-refractivity contribution in [1.29, 1.82) is 0 Å². The number of carbonyl (C=O) groups is 3. The summed E-state index contributed by atoms with van der Waals surface area (Å²) in [5.41, 5.74) is -4.23. The van der Waals surface area contributed by atoms with Gasteiger partial charge in [0.15, 0.2) is 6.10 Å². The molecule has 1 saturated heterocycles. The van der Waals surface area contributed by atoms with Crippen molar-refractivity contribution in [2.45, 2.75) is 87.5 Å². The summed E-state index contributed by atoms with van der Waals surface area (Å²) in [5.74, 6) is -6.95. The molecule has 2 aliphatic carbocycles. The Hall–Kier alpha value is -2.68. The second-order valence-corrected chi connectivity index (χ2v) is 11.2. The fourth-order valence-corrected chi connectivity index (χ4v) is 6.92. The molecule has 13 heteroatoms. The molecule has 214 valence electrons. The number of ether oxygens (including phenoxy) is 4. The van der Waals surface area contributed by atoms with Crippen LogP contribution in [-0.4, -0.2) is 109 Å². The van der Waals surface area contributed by atoms with Crippen LogP contribution in [0.15, 0.2) is 18.3 Å². The van der Waals surface area contributed by atoms with Crippen molar-refractivity contribution < 1.29 is 58.9 Å². The molecule has 13 atom stereocenters. The minimum absolute atomic E-state index is 0.0819. The molecule has 39 heavy (non-hydrogen) atoms. The van der Waals surface area contributed by atoms with Gasteiger partial charge in [0, 0.05) is 19.0 Å². The minimum atomic E-state index is -2.38. The maximum Gasteiger partial charge on any atom is 0.340 e. The van der Waals surface area contributed by atoms with Gasteiger partial charge < -0.3 is 44.5 Å². The third-order valence-corrected chi connectivity index (χ3v) is 9.05. The van der Waals surface area contributed by atoms with Crippen LogP contribution >= 0.6 is 0 Å². The molecule has 0 radical (unpaired) electrons. The van der Waals surface area contributed by atoms with Gasteiger partial charge in [0.05, 0.1) is 47.3 Å². The highest BCUT2D eigenvalue weighted by Crippen LogP contribution is 2.60. The first kappa shape index (κ1) is 27.9. The smallest absolute Gasteiger partial charge is 0.340 e. The summed E-state index contributed by atoms with van der Waals surface area (Å²) in [6, 6.07) is 3.01. The van der Waals surface area contributed by atoms with Gasteiger partial charge in [-0.2, -0.15) is 0 Å². The zero-order valence-corrected chi connectivity index (χ0v) is 21.8. The first-order valence-corrected chi connectivity index (χ1v) is 12.9.